The predicted octanol–water partition coefficient (Wildman–Crippen LogP) is 6.98. The van der Waals surface area contributed by atoms with Gasteiger partial charge in [-0.3, -0.25) is 4.57 Å². The third-order valence-electron chi connectivity index (χ3n) is 5.54. The molecule has 2 heterocycles. The van der Waals surface area contributed by atoms with Crippen LogP contribution in [0.4, 0.5) is 5.95 Å². The average Bonchev–Trinajstić information content (AvgIpc) is 3.12. The molecule has 0 unspecified atom stereocenters. The van der Waals surface area contributed by atoms with Gasteiger partial charge in [0.15, 0.2) is 0 Å². The van der Waals surface area contributed by atoms with Crippen molar-refractivity contribution in [2.45, 2.75) is 25.8 Å². The van der Waals surface area contributed by atoms with E-state index in [1.54, 1.807) is 0 Å². The van der Waals surface area contributed by atoms with Crippen molar-refractivity contribution in [3.63, 3.8) is 0 Å². The third kappa shape index (κ3) is 3.28. The molecule has 0 radical (unpaired) electrons. The molecule has 3 nitrogen and oxygen atoms in total. The molecule has 4 heteroatoms. The maximum absolute atomic E-state index is 4.87. The minimum Gasteiger partial charge on any atom is -0.325 e. The lowest BCUT2D eigenvalue weighted by atomic mass is 9.98. The minimum absolute atomic E-state index is 0.0755. The van der Waals surface area contributed by atoms with Crippen molar-refractivity contribution in [1.29, 1.82) is 0 Å². The van der Waals surface area contributed by atoms with Gasteiger partial charge < -0.3 is 5.32 Å². The van der Waals surface area contributed by atoms with Gasteiger partial charge in [0, 0.05) is 10.2 Å². The first-order valence-corrected chi connectivity index (χ1v) is 10.7. The molecule has 144 valence electrons. The zero-order valence-corrected chi connectivity index (χ0v) is 18.0. The number of halogens is 1. The Labute approximate surface area is 179 Å². The summed E-state index contributed by atoms with van der Waals surface area (Å²) >= 11 is 3.55. The zero-order chi connectivity index (χ0) is 20.0. The molecule has 0 bridgehead atoms. The van der Waals surface area contributed by atoms with Crippen molar-refractivity contribution >= 4 is 38.6 Å². The number of fused-ring (bicyclic) bond motifs is 3. The molecule has 0 spiro atoms. The largest absolute Gasteiger partial charge is 0.325 e. The number of nitrogens with one attached hydrogen (secondary N) is 1. The van der Waals surface area contributed by atoms with E-state index in [1.807, 2.05) is 6.07 Å². The van der Waals surface area contributed by atoms with Crippen molar-refractivity contribution in [1.82, 2.24) is 9.55 Å². The number of hydrogen-bond acceptors (Lipinski definition) is 2. The summed E-state index contributed by atoms with van der Waals surface area (Å²) in [6, 6.07) is 25.8. The Hall–Kier alpha value is -2.85. The summed E-state index contributed by atoms with van der Waals surface area (Å²) in [5, 5.41) is 3.57. The highest BCUT2D eigenvalue weighted by atomic mass is 79.9. The number of anilines is 1. The number of aromatic nitrogens is 2. The van der Waals surface area contributed by atoms with Crippen LogP contribution in [0, 0.1) is 0 Å². The van der Waals surface area contributed by atoms with Crippen LogP contribution in [0.3, 0.4) is 0 Å². The summed E-state index contributed by atoms with van der Waals surface area (Å²) in [4.78, 5) is 4.87. The van der Waals surface area contributed by atoms with E-state index in [4.69, 9.17) is 4.98 Å². The fourth-order valence-corrected chi connectivity index (χ4v) is 4.19. The molecule has 0 saturated heterocycles. The van der Waals surface area contributed by atoms with E-state index >= 15 is 0 Å². The van der Waals surface area contributed by atoms with Gasteiger partial charge >= 0.3 is 0 Å². The number of allylic oxidation sites excluding steroid dienone is 1. The molecule has 29 heavy (non-hydrogen) atoms. The Morgan fingerprint density at radius 3 is 2.38 bits per heavy atom. The Balaban J connectivity index is 1.65. The second-order valence-electron chi connectivity index (χ2n) is 7.77. The summed E-state index contributed by atoms with van der Waals surface area (Å²) < 4.78 is 3.37. The van der Waals surface area contributed by atoms with E-state index < -0.39 is 0 Å². The van der Waals surface area contributed by atoms with Gasteiger partial charge in [-0.2, -0.15) is 0 Å². The second kappa shape index (κ2) is 7.20. The Morgan fingerprint density at radius 1 is 0.931 bits per heavy atom. The first-order valence-electron chi connectivity index (χ1n) is 9.92. The zero-order valence-electron chi connectivity index (χ0n) is 16.4. The van der Waals surface area contributed by atoms with E-state index in [9.17, 15) is 0 Å². The van der Waals surface area contributed by atoms with Gasteiger partial charge in [-0.25, -0.2) is 4.98 Å². The van der Waals surface area contributed by atoms with Gasteiger partial charge in [0.05, 0.1) is 17.1 Å². The number of nitrogens with zero attached hydrogens (tertiary/aromatic N) is 2. The van der Waals surface area contributed by atoms with Gasteiger partial charge in [-0.05, 0) is 52.9 Å². The van der Waals surface area contributed by atoms with Crippen molar-refractivity contribution < 1.29 is 0 Å². The highest BCUT2D eigenvalue weighted by Gasteiger charge is 2.25. The van der Waals surface area contributed by atoms with Crippen LogP contribution in [0.25, 0.3) is 16.7 Å². The van der Waals surface area contributed by atoms with Crippen LogP contribution in [-0.4, -0.2) is 9.55 Å². The topological polar surface area (TPSA) is 29.9 Å². The number of para-hydroxylation sites is 2. The monoisotopic (exact) mass is 443 g/mol. The lowest BCUT2D eigenvalue weighted by Crippen LogP contribution is -2.19. The van der Waals surface area contributed by atoms with Crippen LogP contribution in [0.15, 0.2) is 83.3 Å². The van der Waals surface area contributed by atoms with Crippen LogP contribution in [0.1, 0.15) is 42.5 Å². The van der Waals surface area contributed by atoms with Gasteiger partial charge in [0.1, 0.15) is 0 Å². The second-order valence-corrected chi connectivity index (χ2v) is 8.69. The number of rotatable bonds is 3. The molecule has 3 aromatic carbocycles. The van der Waals surface area contributed by atoms with E-state index in [-0.39, 0.29) is 6.04 Å². The molecule has 0 aliphatic carbocycles. The van der Waals surface area contributed by atoms with Crippen LogP contribution < -0.4 is 5.32 Å². The van der Waals surface area contributed by atoms with Crippen LogP contribution in [-0.2, 0) is 0 Å². The molecule has 5 rings (SSSR count). The molecule has 0 amide bonds. The smallest absolute Gasteiger partial charge is 0.209 e. The number of benzene rings is 3. The summed E-state index contributed by atoms with van der Waals surface area (Å²) in [7, 11) is 0. The van der Waals surface area contributed by atoms with Crippen LogP contribution in [0.5, 0.6) is 0 Å². The molecule has 0 fully saturated rings. The predicted molar refractivity (Wildman–Crippen MR) is 124 cm³/mol. The lowest BCUT2D eigenvalue weighted by Gasteiger charge is -2.27. The molecule has 4 aromatic rings. The third-order valence-corrected chi connectivity index (χ3v) is 6.07. The SMILES string of the molecule is CC(C)c1ccc(C2=C[C@@H](c3ccc(Br)cc3)n3c(nc4ccccc43)N2)cc1. The summed E-state index contributed by atoms with van der Waals surface area (Å²) in [6.45, 7) is 4.44. The van der Waals surface area contributed by atoms with Gasteiger partial charge in [-0.15, -0.1) is 0 Å². The first-order chi connectivity index (χ1) is 14.1. The fourth-order valence-electron chi connectivity index (χ4n) is 3.93. The Kier molecular flexibility index (Phi) is 4.51. The van der Waals surface area contributed by atoms with Crippen molar-refractivity contribution in [3.05, 3.63) is 100 Å². The first kappa shape index (κ1) is 18.2. The normalized spacial score (nSPS) is 15.9. The maximum Gasteiger partial charge on any atom is 0.209 e. The van der Waals surface area contributed by atoms with E-state index in [1.165, 1.54) is 16.7 Å². The van der Waals surface area contributed by atoms with Gasteiger partial charge in [-0.1, -0.05) is 78.3 Å². The number of hydrogen-bond donors (Lipinski definition) is 1. The lowest BCUT2D eigenvalue weighted by molar-refractivity contribution is 0.720. The molecule has 1 aromatic heterocycles. The van der Waals surface area contributed by atoms with Gasteiger partial charge in [0.25, 0.3) is 0 Å². The van der Waals surface area contributed by atoms with E-state index in [0.29, 0.717) is 5.92 Å². The molecule has 0 saturated carbocycles. The quantitative estimate of drug-likeness (QED) is 0.370. The van der Waals surface area contributed by atoms with E-state index in [0.717, 1.165) is 27.2 Å². The molecule has 1 atom stereocenters. The van der Waals surface area contributed by atoms with Crippen molar-refractivity contribution in [2.75, 3.05) is 5.32 Å². The Morgan fingerprint density at radius 2 is 1.66 bits per heavy atom. The van der Waals surface area contributed by atoms with Gasteiger partial charge in [0.2, 0.25) is 5.95 Å². The molecule has 1 N–H and O–H groups in total. The fraction of sp³-hybridized carbons (Fsp3) is 0.160. The van der Waals surface area contributed by atoms with E-state index in [2.05, 4.69) is 112 Å². The average molecular weight is 444 g/mol. The molecular weight excluding hydrogens is 422 g/mol. The highest BCUT2D eigenvalue weighted by molar-refractivity contribution is 9.10. The summed E-state index contributed by atoms with van der Waals surface area (Å²) in [5.41, 5.74) is 6.98. The summed E-state index contributed by atoms with van der Waals surface area (Å²) in [6.07, 6.45) is 2.30. The molecule has 1 aliphatic heterocycles. The molecule has 1 aliphatic rings. The minimum atomic E-state index is 0.0755. The number of imidazole rings is 1. The maximum atomic E-state index is 4.87. The molecular formula is C25H22BrN3. The van der Waals surface area contributed by atoms with Crippen LogP contribution >= 0.6 is 15.9 Å². The van der Waals surface area contributed by atoms with Crippen molar-refractivity contribution in [2.24, 2.45) is 0 Å². The highest BCUT2D eigenvalue weighted by Crippen LogP contribution is 2.37. The standard InChI is InChI=1S/C25H22BrN3/c1-16(2)17-7-9-18(10-8-17)22-15-24(19-11-13-20(26)14-12-19)29-23-6-4-3-5-21(23)27-25(29)28-22/h3-16,24H,1-2H3,(H,27,28)/t24-/m0/s1. The van der Waals surface area contributed by atoms with Crippen molar-refractivity contribution in [3.8, 4) is 0 Å². The summed E-state index contributed by atoms with van der Waals surface area (Å²) in [5.74, 6) is 1.40. The Bertz CT molecular complexity index is 1200. The van der Waals surface area contributed by atoms with Crippen LogP contribution in [0.2, 0.25) is 0 Å².